The third-order valence-corrected chi connectivity index (χ3v) is 4.28. The van der Waals surface area contributed by atoms with Gasteiger partial charge in [0.2, 0.25) is 5.95 Å². The molecular weight excluding hydrogens is 288 g/mol. The van der Waals surface area contributed by atoms with Gasteiger partial charge in [0.05, 0.1) is 6.10 Å². The van der Waals surface area contributed by atoms with Crippen LogP contribution in [0.1, 0.15) is 31.4 Å². The Hall–Kier alpha value is -2.14. The highest BCUT2D eigenvalue weighted by molar-refractivity contribution is 5.57. The number of aryl methyl sites for hydroxylation is 1. The van der Waals surface area contributed by atoms with Crippen LogP contribution in [0.3, 0.4) is 0 Å². The second-order valence-corrected chi connectivity index (χ2v) is 6.25. The second-order valence-electron chi connectivity index (χ2n) is 6.25. The smallest absolute Gasteiger partial charge is 0.231 e. The summed E-state index contributed by atoms with van der Waals surface area (Å²) in [7, 11) is 1.97. The number of para-hydroxylation sites is 1. The Labute approximate surface area is 137 Å². The van der Waals surface area contributed by atoms with Gasteiger partial charge in [-0.15, -0.1) is 0 Å². The monoisotopic (exact) mass is 312 g/mol. The molecule has 1 heterocycles. The molecule has 2 aromatic rings. The quantitative estimate of drug-likeness (QED) is 0.907. The van der Waals surface area contributed by atoms with E-state index in [2.05, 4.69) is 15.3 Å². The van der Waals surface area contributed by atoms with Crippen LogP contribution in [-0.2, 0) is 0 Å². The molecule has 0 aliphatic heterocycles. The Balaban J connectivity index is 1.79. The molecule has 0 saturated heterocycles. The van der Waals surface area contributed by atoms with Crippen molar-refractivity contribution in [2.24, 2.45) is 0 Å². The molecule has 0 bridgehead atoms. The van der Waals surface area contributed by atoms with Gasteiger partial charge in [-0.1, -0.05) is 18.2 Å². The van der Waals surface area contributed by atoms with Crippen LogP contribution in [0.4, 0.5) is 17.5 Å². The Morgan fingerprint density at radius 2 is 1.96 bits per heavy atom. The number of anilines is 3. The zero-order chi connectivity index (χ0) is 16.2. The molecule has 5 nitrogen and oxygen atoms in total. The fourth-order valence-corrected chi connectivity index (χ4v) is 3.05. The molecule has 1 aromatic heterocycles. The summed E-state index contributed by atoms with van der Waals surface area (Å²) in [5, 5.41) is 13.3. The lowest BCUT2D eigenvalue weighted by Gasteiger charge is -2.27. The predicted octanol–water partition coefficient (Wildman–Crippen LogP) is 3.27. The highest BCUT2D eigenvalue weighted by Gasteiger charge is 2.20. The normalized spacial score (nSPS) is 21.0. The molecule has 1 fully saturated rings. The van der Waals surface area contributed by atoms with Crippen LogP contribution in [0.2, 0.25) is 0 Å². The molecule has 5 heteroatoms. The van der Waals surface area contributed by atoms with Gasteiger partial charge in [0.1, 0.15) is 5.82 Å². The summed E-state index contributed by atoms with van der Waals surface area (Å²) in [5.74, 6) is 1.50. The molecule has 1 aliphatic carbocycles. The molecule has 1 saturated carbocycles. The van der Waals surface area contributed by atoms with Crippen LogP contribution in [-0.4, -0.2) is 34.3 Å². The number of hydrogen-bond donors (Lipinski definition) is 2. The van der Waals surface area contributed by atoms with E-state index in [0.717, 1.165) is 42.9 Å². The van der Waals surface area contributed by atoms with Crippen LogP contribution in [0.25, 0.3) is 0 Å². The number of nitrogens with zero attached hydrogens (tertiary/aromatic N) is 3. The highest BCUT2D eigenvalue weighted by atomic mass is 16.3. The number of aliphatic hydroxyl groups excluding tert-OH is 1. The van der Waals surface area contributed by atoms with Crippen molar-refractivity contribution >= 4 is 17.5 Å². The first kappa shape index (κ1) is 15.7. The molecule has 0 amide bonds. The zero-order valence-electron chi connectivity index (χ0n) is 13.7. The number of benzene rings is 1. The van der Waals surface area contributed by atoms with E-state index in [1.807, 2.05) is 55.3 Å². The third-order valence-electron chi connectivity index (χ3n) is 4.28. The summed E-state index contributed by atoms with van der Waals surface area (Å²) >= 11 is 0. The van der Waals surface area contributed by atoms with Gasteiger partial charge >= 0.3 is 0 Å². The number of aliphatic hydroxyl groups is 1. The minimum absolute atomic E-state index is 0.198. The lowest BCUT2D eigenvalue weighted by Crippen LogP contribution is -2.30. The van der Waals surface area contributed by atoms with E-state index < -0.39 is 0 Å². The Kier molecular flexibility index (Phi) is 4.76. The minimum Gasteiger partial charge on any atom is -0.393 e. The van der Waals surface area contributed by atoms with Crippen LogP contribution in [0.5, 0.6) is 0 Å². The average Bonchev–Trinajstić information content (AvgIpc) is 2.54. The van der Waals surface area contributed by atoms with E-state index in [1.165, 1.54) is 0 Å². The standard InChI is InChI=1S/C18H24N4O/c1-13-11-17(20-14-7-6-10-16(23)12-14)21-18(19-13)22(2)15-8-4-3-5-9-15/h3-5,8-9,11,14,16,23H,6-7,10,12H2,1-2H3,(H,19,20,21). The maximum atomic E-state index is 9.82. The first-order valence-corrected chi connectivity index (χ1v) is 8.21. The summed E-state index contributed by atoms with van der Waals surface area (Å²) in [5.41, 5.74) is 1.98. The highest BCUT2D eigenvalue weighted by Crippen LogP contribution is 2.24. The number of nitrogens with one attached hydrogen (secondary N) is 1. The van der Waals surface area contributed by atoms with Gasteiger partial charge in [-0.05, 0) is 44.7 Å². The fourth-order valence-electron chi connectivity index (χ4n) is 3.05. The van der Waals surface area contributed by atoms with Gasteiger partial charge in [0.15, 0.2) is 0 Å². The molecule has 0 radical (unpaired) electrons. The largest absolute Gasteiger partial charge is 0.393 e. The molecular formula is C18H24N4O. The molecule has 23 heavy (non-hydrogen) atoms. The number of rotatable bonds is 4. The van der Waals surface area contributed by atoms with E-state index in [-0.39, 0.29) is 12.1 Å². The molecule has 2 unspecified atom stereocenters. The molecule has 0 spiro atoms. The van der Waals surface area contributed by atoms with E-state index in [9.17, 15) is 5.11 Å². The van der Waals surface area contributed by atoms with Gasteiger partial charge in [-0.3, -0.25) is 0 Å². The van der Waals surface area contributed by atoms with Gasteiger partial charge in [0, 0.05) is 30.5 Å². The Bertz CT molecular complexity index is 647. The van der Waals surface area contributed by atoms with Crippen molar-refractivity contribution < 1.29 is 5.11 Å². The summed E-state index contributed by atoms with van der Waals surface area (Å²) in [4.78, 5) is 11.2. The summed E-state index contributed by atoms with van der Waals surface area (Å²) in [6.07, 6.45) is 3.62. The number of hydrogen-bond acceptors (Lipinski definition) is 5. The first-order chi connectivity index (χ1) is 11.1. The summed E-state index contributed by atoms with van der Waals surface area (Å²) in [6.45, 7) is 1.98. The molecule has 1 aromatic carbocycles. The minimum atomic E-state index is -0.198. The fraction of sp³-hybridized carbons (Fsp3) is 0.444. The molecule has 3 rings (SSSR count). The van der Waals surface area contributed by atoms with E-state index >= 15 is 0 Å². The maximum absolute atomic E-state index is 9.82. The lowest BCUT2D eigenvalue weighted by atomic mass is 9.93. The van der Waals surface area contributed by atoms with Gasteiger partial charge in [0.25, 0.3) is 0 Å². The van der Waals surface area contributed by atoms with Gasteiger partial charge < -0.3 is 15.3 Å². The van der Waals surface area contributed by atoms with Crippen molar-refractivity contribution in [1.29, 1.82) is 0 Å². The SMILES string of the molecule is Cc1cc(NC2CCCC(O)C2)nc(N(C)c2ccccc2)n1. The first-order valence-electron chi connectivity index (χ1n) is 8.21. The topological polar surface area (TPSA) is 61.3 Å². The average molecular weight is 312 g/mol. The van der Waals surface area contributed by atoms with Crippen molar-refractivity contribution in [3.63, 3.8) is 0 Å². The van der Waals surface area contributed by atoms with Gasteiger partial charge in [-0.25, -0.2) is 4.98 Å². The molecule has 2 atom stereocenters. The van der Waals surface area contributed by atoms with Crippen molar-refractivity contribution in [2.45, 2.75) is 44.8 Å². The molecule has 2 N–H and O–H groups in total. The van der Waals surface area contributed by atoms with Crippen LogP contribution < -0.4 is 10.2 Å². The Morgan fingerprint density at radius 3 is 2.70 bits per heavy atom. The maximum Gasteiger partial charge on any atom is 0.231 e. The summed E-state index contributed by atoms with van der Waals surface area (Å²) < 4.78 is 0. The van der Waals surface area contributed by atoms with Crippen molar-refractivity contribution in [2.75, 3.05) is 17.3 Å². The van der Waals surface area contributed by atoms with Crippen LogP contribution >= 0.6 is 0 Å². The third kappa shape index (κ3) is 3.99. The van der Waals surface area contributed by atoms with Crippen molar-refractivity contribution in [3.05, 3.63) is 42.1 Å². The van der Waals surface area contributed by atoms with E-state index in [0.29, 0.717) is 5.95 Å². The Morgan fingerprint density at radius 1 is 1.17 bits per heavy atom. The van der Waals surface area contributed by atoms with Crippen LogP contribution in [0, 0.1) is 6.92 Å². The van der Waals surface area contributed by atoms with E-state index in [4.69, 9.17) is 0 Å². The summed E-state index contributed by atoms with van der Waals surface area (Å²) in [6, 6.07) is 12.3. The van der Waals surface area contributed by atoms with E-state index in [1.54, 1.807) is 0 Å². The second kappa shape index (κ2) is 6.96. The number of aromatic nitrogens is 2. The molecule has 122 valence electrons. The van der Waals surface area contributed by atoms with Crippen molar-refractivity contribution in [3.8, 4) is 0 Å². The van der Waals surface area contributed by atoms with Crippen LogP contribution in [0.15, 0.2) is 36.4 Å². The molecule has 1 aliphatic rings. The van der Waals surface area contributed by atoms with Gasteiger partial charge in [-0.2, -0.15) is 4.98 Å². The predicted molar refractivity (Wildman–Crippen MR) is 93.2 cm³/mol. The zero-order valence-corrected chi connectivity index (χ0v) is 13.7. The van der Waals surface area contributed by atoms with Crippen molar-refractivity contribution in [1.82, 2.24) is 9.97 Å². The lowest BCUT2D eigenvalue weighted by molar-refractivity contribution is 0.124.